The van der Waals surface area contributed by atoms with Crippen molar-refractivity contribution in [2.45, 2.75) is 83.4 Å². The van der Waals surface area contributed by atoms with Crippen LogP contribution in [0.4, 0.5) is 4.79 Å². The number of hydrogen-bond acceptors (Lipinski definition) is 9. The van der Waals surface area contributed by atoms with Crippen molar-refractivity contribution < 1.29 is 38.9 Å². The normalized spacial score (nSPS) is 43.1. The van der Waals surface area contributed by atoms with Crippen molar-refractivity contribution in [3.8, 4) is 0 Å². The van der Waals surface area contributed by atoms with Gasteiger partial charge in [-0.05, 0) is 69.4 Å². The van der Waals surface area contributed by atoms with Crippen LogP contribution in [0.5, 0.6) is 0 Å². The number of ether oxygens (including phenoxy) is 3. The Hall–Kier alpha value is -2.27. The van der Waals surface area contributed by atoms with Crippen LogP contribution in [0.2, 0.25) is 0 Å². The van der Waals surface area contributed by atoms with E-state index >= 15 is 0 Å². The van der Waals surface area contributed by atoms with Gasteiger partial charge in [0.15, 0.2) is 17.7 Å². The highest BCUT2D eigenvalue weighted by atomic mass is 16.7. The van der Waals surface area contributed by atoms with Gasteiger partial charge in [-0.25, -0.2) is 4.79 Å². The number of Topliss-reactive ketones (excluding diaryl/α,β-unsaturated/α-hetero) is 1. The highest BCUT2D eigenvalue weighted by molar-refractivity contribution is 6.05. The van der Waals surface area contributed by atoms with Crippen LogP contribution in [-0.2, 0) is 23.8 Å². The number of alkyl carbamates (subject to hydrolysis) is 1. The molecule has 4 fully saturated rings. The summed E-state index contributed by atoms with van der Waals surface area (Å²) in [5.41, 5.74) is -0.181. The van der Waals surface area contributed by atoms with Crippen molar-refractivity contribution in [1.29, 1.82) is 0 Å². The number of nitrogens with one attached hydrogen (secondary N) is 1. The fourth-order valence-corrected chi connectivity index (χ4v) is 8.60. The summed E-state index contributed by atoms with van der Waals surface area (Å²) in [5.74, 6) is -0.0181. The topological polar surface area (TPSA) is 136 Å². The Kier molecular flexibility index (Phi) is 7.69. The van der Waals surface area contributed by atoms with Gasteiger partial charge in [-0.1, -0.05) is 30.7 Å². The highest BCUT2D eigenvalue weighted by Crippen LogP contribution is 2.69. The van der Waals surface area contributed by atoms with Crippen LogP contribution in [0.3, 0.4) is 0 Å². The van der Waals surface area contributed by atoms with Crippen molar-refractivity contribution >= 4 is 17.6 Å². The highest BCUT2D eigenvalue weighted by Gasteiger charge is 2.75. The maximum atomic E-state index is 13.2. The predicted molar refractivity (Wildman–Crippen MR) is 142 cm³/mol. The molecule has 0 bridgehead atoms. The second kappa shape index (κ2) is 10.6. The number of methoxy groups -OCH3 is 1. The van der Waals surface area contributed by atoms with Gasteiger partial charge in [0.25, 0.3) is 0 Å². The van der Waals surface area contributed by atoms with E-state index in [9.17, 15) is 19.8 Å². The number of ketones is 1. The van der Waals surface area contributed by atoms with Crippen LogP contribution < -0.4 is 5.32 Å². The molecule has 39 heavy (non-hydrogen) atoms. The number of unbranched alkanes of at least 4 members (excludes halogenated alkanes) is 1. The fraction of sp³-hybridized carbons (Fsp3) is 0.759. The Labute approximate surface area is 229 Å². The summed E-state index contributed by atoms with van der Waals surface area (Å²) in [6.45, 7) is 6.42. The van der Waals surface area contributed by atoms with Gasteiger partial charge in [0.2, 0.25) is 0 Å². The van der Waals surface area contributed by atoms with Gasteiger partial charge in [-0.3, -0.25) is 4.79 Å². The van der Waals surface area contributed by atoms with Crippen molar-refractivity contribution in [1.82, 2.24) is 5.32 Å². The molecule has 0 radical (unpaired) electrons. The first-order valence-corrected chi connectivity index (χ1v) is 14.2. The number of hydrogen-bond donors (Lipinski definition) is 3. The molecule has 4 aliphatic carbocycles. The molecule has 9 atom stereocenters. The second-order valence-corrected chi connectivity index (χ2v) is 12.1. The minimum absolute atomic E-state index is 0.00543. The van der Waals surface area contributed by atoms with Gasteiger partial charge in [0.05, 0.1) is 19.3 Å². The van der Waals surface area contributed by atoms with E-state index < -0.39 is 42.2 Å². The van der Waals surface area contributed by atoms with Crippen molar-refractivity contribution in [3.05, 3.63) is 23.8 Å². The van der Waals surface area contributed by atoms with E-state index in [0.717, 1.165) is 31.4 Å². The molecule has 1 amide bonds. The lowest BCUT2D eigenvalue weighted by atomic mass is 9.46. The van der Waals surface area contributed by atoms with Gasteiger partial charge < -0.3 is 34.6 Å². The molecule has 5 aliphatic rings. The quantitative estimate of drug-likeness (QED) is 0.312. The van der Waals surface area contributed by atoms with Gasteiger partial charge in [-0.2, -0.15) is 0 Å². The van der Waals surface area contributed by atoms with Crippen LogP contribution in [0.15, 0.2) is 29.0 Å². The minimum atomic E-state index is -1.22. The lowest BCUT2D eigenvalue weighted by molar-refractivity contribution is -0.196. The molecular formula is C29H42N2O8. The maximum absolute atomic E-state index is 13.2. The molecule has 216 valence electrons. The molecule has 1 saturated heterocycles. The lowest BCUT2D eigenvalue weighted by Crippen LogP contribution is -2.63. The van der Waals surface area contributed by atoms with Gasteiger partial charge in [0.1, 0.15) is 18.9 Å². The van der Waals surface area contributed by atoms with Gasteiger partial charge in [-0.15, -0.1) is 0 Å². The predicted octanol–water partition coefficient (Wildman–Crippen LogP) is 2.88. The molecule has 0 aromatic rings. The molecule has 1 aliphatic heterocycles. The molecule has 3 N–H and O–H groups in total. The zero-order valence-electron chi connectivity index (χ0n) is 23.4. The Balaban J connectivity index is 1.28. The number of allylic oxidation sites excluding steroid dienone is 4. The third-order valence-electron chi connectivity index (χ3n) is 10.2. The average molecular weight is 547 g/mol. The van der Waals surface area contributed by atoms with E-state index in [1.807, 2.05) is 6.08 Å². The third-order valence-corrected chi connectivity index (χ3v) is 10.2. The van der Waals surface area contributed by atoms with E-state index in [1.165, 1.54) is 12.7 Å². The summed E-state index contributed by atoms with van der Waals surface area (Å²) in [4.78, 5) is 29.8. The number of amides is 1. The number of fused-ring (bicyclic) bond motifs is 7. The van der Waals surface area contributed by atoms with E-state index in [4.69, 9.17) is 14.3 Å². The van der Waals surface area contributed by atoms with Crippen LogP contribution in [0.25, 0.3) is 0 Å². The summed E-state index contributed by atoms with van der Waals surface area (Å²) < 4.78 is 16.9. The molecule has 0 aromatic carbocycles. The van der Waals surface area contributed by atoms with Gasteiger partial charge >= 0.3 is 6.09 Å². The smallest absolute Gasteiger partial charge is 0.406 e. The largest absolute Gasteiger partial charge is 0.453 e. The molecule has 1 heterocycles. The van der Waals surface area contributed by atoms with Crippen LogP contribution in [0.1, 0.15) is 59.3 Å². The average Bonchev–Trinajstić information content (AvgIpc) is 3.37. The van der Waals surface area contributed by atoms with Crippen LogP contribution >= 0.6 is 0 Å². The standard InChI is InChI=1S/C29H42N2O8/c1-17-38-24-14-21-20-8-7-18-13-19(31-37-12-6-5-11-30-26(35)36-4)9-10-27(18,2)25(20)22(33)15-28(21,3)29(24,39-17)23(34)16-32/h9-10,13,17,20-22,24-25,32-33H,5-8,11-12,14-16H2,1-4H3,(H,30,35)/b31-19+/t17?,20-,21-,22-,24+,25+,27-,28-,29+/m0/s1. The number of rotatable bonds is 8. The van der Waals surface area contributed by atoms with Crippen molar-refractivity contribution in [2.75, 3.05) is 26.9 Å². The molecule has 5 rings (SSSR count). The Morgan fingerprint density at radius 2 is 2.08 bits per heavy atom. The Morgan fingerprint density at radius 1 is 1.28 bits per heavy atom. The summed E-state index contributed by atoms with van der Waals surface area (Å²) in [6, 6.07) is 0. The van der Waals surface area contributed by atoms with E-state index in [-0.39, 0.29) is 29.0 Å². The number of aliphatic hydroxyl groups is 2. The first kappa shape index (κ1) is 28.3. The number of carbonyl (C=O) groups is 2. The van der Waals surface area contributed by atoms with E-state index in [2.05, 4.69) is 41.2 Å². The third kappa shape index (κ3) is 4.44. The molecule has 10 heteroatoms. The zero-order chi connectivity index (χ0) is 28.0. The first-order chi connectivity index (χ1) is 18.6. The molecule has 1 unspecified atom stereocenters. The number of aliphatic hydroxyl groups excluding tert-OH is 2. The van der Waals surface area contributed by atoms with Crippen molar-refractivity contribution in [3.63, 3.8) is 0 Å². The van der Waals surface area contributed by atoms with E-state index in [1.54, 1.807) is 6.92 Å². The lowest BCUT2D eigenvalue weighted by Gasteiger charge is -2.59. The zero-order valence-corrected chi connectivity index (χ0v) is 23.4. The number of nitrogens with zero attached hydrogens (tertiary/aromatic N) is 1. The van der Waals surface area contributed by atoms with Crippen LogP contribution in [0, 0.1) is 28.6 Å². The molecule has 3 saturated carbocycles. The first-order valence-electron chi connectivity index (χ1n) is 14.2. The van der Waals surface area contributed by atoms with E-state index in [0.29, 0.717) is 26.0 Å². The monoisotopic (exact) mass is 546 g/mol. The Bertz CT molecular complexity index is 1070. The minimum Gasteiger partial charge on any atom is -0.453 e. The summed E-state index contributed by atoms with van der Waals surface area (Å²) in [6.07, 6.45) is 8.59. The molecular weight excluding hydrogens is 504 g/mol. The molecule has 0 aromatic heterocycles. The van der Waals surface area contributed by atoms with Crippen LogP contribution in [-0.4, -0.2) is 78.8 Å². The summed E-state index contributed by atoms with van der Waals surface area (Å²) in [7, 11) is 1.34. The molecule has 0 spiro atoms. The van der Waals surface area contributed by atoms with Gasteiger partial charge in [0, 0.05) is 23.3 Å². The van der Waals surface area contributed by atoms with Crippen molar-refractivity contribution in [2.24, 2.45) is 33.7 Å². The summed E-state index contributed by atoms with van der Waals surface area (Å²) in [5, 5.41) is 28.6. The summed E-state index contributed by atoms with van der Waals surface area (Å²) >= 11 is 0. The number of carbonyl (C=O) groups excluding carboxylic acids is 2. The Morgan fingerprint density at radius 3 is 2.82 bits per heavy atom. The fourth-order valence-electron chi connectivity index (χ4n) is 8.60. The number of oxime groups is 1. The maximum Gasteiger partial charge on any atom is 0.406 e. The second-order valence-electron chi connectivity index (χ2n) is 12.1. The SMILES string of the molecule is COC(=O)NCCCCO/N=C1\C=C[C@@]2(C)C(=C1)CC[C@@H]1[C@@H]2[C@@H](O)C[C@@]2(C)[C@H]1C[C@H]1OC(C)O[C@]12C(=O)CO. The molecule has 10 nitrogen and oxygen atoms in total.